The number of rotatable bonds is 3. The van der Waals surface area contributed by atoms with Crippen LogP contribution in [0.5, 0.6) is 0 Å². The second-order valence-corrected chi connectivity index (χ2v) is 4.98. The van der Waals surface area contributed by atoms with Gasteiger partial charge in [0.15, 0.2) is 0 Å². The highest BCUT2D eigenvalue weighted by atomic mass is 15.2. The Balaban J connectivity index is 1.74. The van der Waals surface area contributed by atoms with Gasteiger partial charge in [0.2, 0.25) is 0 Å². The summed E-state index contributed by atoms with van der Waals surface area (Å²) >= 11 is 0. The van der Waals surface area contributed by atoms with E-state index < -0.39 is 0 Å². The lowest BCUT2D eigenvalue weighted by molar-refractivity contribution is 0.244. The molecule has 2 aromatic rings. The van der Waals surface area contributed by atoms with E-state index in [9.17, 15) is 0 Å². The van der Waals surface area contributed by atoms with Crippen LogP contribution >= 0.6 is 0 Å². The molecule has 96 valence electrons. The molecule has 0 amide bonds. The lowest BCUT2D eigenvalue weighted by Gasteiger charge is -2.26. The molecule has 4 nitrogen and oxygen atoms in total. The first-order chi connectivity index (χ1) is 8.84. The Hall–Kier alpha value is -1.39. The maximum Gasteiger partial charge on any atom is 0.139 e. The van der Waals surface area contributed by atoms with Crippen molar-refractivity contribution in [3.05, 3.63) is 30.1 Å². The molecule has 0 saturated carbocycles. The molecule has 0 atom stereocenters. The van der Waals surface area contributed by atoms with Gasteiger partial charge in [0.25, 0.3) is 0 Å². The van der Waals surface area contributed by atoms with Crippen molar-refractivity contribution in [2.24, 2.45) is 7.05 Å². The van der Waals surface area contributed by atoms with E-state index in [4.69, 9.17) is 0 Å². The van der Waals surface area contributed by atoms with Gasteiger partial charge < -0.3 is 14.8 Å². The van der Waals surface area contributed by atoms with Crippen molar-refractivity contribution in [2.45, 2.75) is 6.42 Å². The Morgan fingerprint density at radius 3 is 3.00 bits per heavy atom. The van der Waals surface area contributed by atoms with Gasteiger partial charge in [0.1, 0.15) is 5.65 Å². The van der Waals surface area contributed by atoms with Crippen molar-refractivity contribution >= 4 is 11.0 Å². The fraction of sp³-hybridized carbons (Fsp3) is 0.500. The van der Waals surface area contributed by atoms with E-state index in [1.807, 2.05) is 12.3 Å². The van der Waals surface area contributed by atoms with E-state index in [-0.39, 0.29) is 0 Å². The molecule has 1 aliphatic rings. The number of aromatic nitrogens is 2. The van der Waals surface area contributed by atoms with Crippen molar-refractivity contribution in [1.82, 2.24) is 19.8 Å². The lowest BCUT2D eigenvalue weighted by Crippen LogP contribution is -2.44. The van der Waals surface area contributed by atoms with Crippen LogP contribution in [0.2, 0.25) is 0 Å². The average molecular weight is 244 g/mol. The minimum absolute atomic E-state index is 1.09. The van der Waals surface area contributed by atoms with Gasteiger partial charge in [-0.1, -0.05) is 0 Å². The zero-order valence-electron chi connectivity index (χ0n) is 10.9. The molecule has 1 aliphatic heterocycles. The van der Waals surface area contributed by atoms with Crippen LogP contribution in [0.15, 0.2) is 24.5 Å². The highest BCUT2D eigenvalue weighted by Crippen LogP contribution is 2.18. The smallest absolute Gasteiger partial charge is 0.139 e. The number of hydrogen-bond donors (Lipinski definition) is 1. The van der Waals surface area contributed by atoms with Crippen LogP contribution in [0.4, 0.5) is 0 Å². The molecule has 0 unspecified atom stereocenters. The number of nitrogens with zero attached hydrogens (tertiary/aromatic N) is 3. The van der Waals surface area contributed by atoms with Crippen molar-refractivity contribution in [3.63, 3.8) is 0 Å². The predicted octanol–water partition coefficient (Wildman–Crippen LogP) is 1.02. The molecule has 0 radical (unpaired) electrons. The molecule has 1 saturated heterocycles. The first-order valence-electron chi connectivity index (χ1n) is 6.66. The molecule has 4 heteroatoms. The topological polar surface area (TPSA) is 33.1 Å². The van der Waals surface area contributed by atoms with E-state index in [0.717, 1.165) is 31.7 Å². The minimum atomic E-state index is 1.09. The molecule has 1 fully saturated rings. The number of nitrogens with one attached hydrogen (secondary N) is 1. The average Bonchev–Trinajstić information content (AvgIpc) is 2.75. The maximum atomic E-state index is 4.44. The van der Waals surface area contributed by atoms with Gasteiger partial charge in [0.05, 0.1) is 0 Å². The Morgan fingerprint density at radius 2 is 2.17 bits per heavy atom. The summed E-state index contributed by atoms with van der Waals surface area (Å²) in [5.41, 5.74) is 2.51. The predicted molar refractivity (Wildman–Crippen MR) is 73.7 cm³/mol. The first kappa shape index (κ1) is 11.7. The standard InChI is InChI=1S/C14H20N4/c1-17-11-12(13-3-2-5-16-14(13)17)4-8-18-9-6-15-7-10-18/h2-3,5,11,15H,4,6-10H2,1H3. The molecular formula is C14H20N4. The molecule has 3 rings (SSSR count). The van der Waals surface area contributed by atoms with Gasteiger partial charge in [-0.05, 0) is 24.1 Å². The number of piperazine rings is 1. The highest BCUT2D eigenvalue weighted by Gasteiger charge is 2.11. The van der Waals surface area contributed by atoms with E-state index in [2.05, 4.69) is 39.1 Å². The van der Waals surface area contributed by atoms with Gasteiger partial charge in [0, 0.05) is 57.6 Å². The van der Waals surface area contributed by atoms with Crippen LogP contribution < -0.4 is 5.32 Å². The van der Waals surface area contributed by atoms with Gasteiger partial charge in [-0.2, -0.15) is 0 Å². The van der Waals surface area contributed by atoms with Gasteiger partial charge in [-0.25, -0.2) is 4.98 Å². The van der Waals surface area contributed by atoms with E-state index >= 15 is 0 Å². The summed E-state index contributed by atoms with van der Waals surface area (Å²) in [7, 11) is 2.07. The summed E-state index contributed by atoms with van der Waals surface area (Å²) in [5.74, 6) is 0. The minimum Gasteiger partial charge on any atom is -0.335 e. The normalized spacial score (nSPS) is 17.4. The molecule has 0 bridgehead atoms. The van der Waals surface area contributed by atoms with Crippen LogP contribution in [0.3, 0.4) is 0 Å². The summed E-state index contributed by atoms with van der Waals surface area (Å²) in [6.07, 6.45) is 5.20. The Labute approximate surface area is 108 Å². The van der Waals surface area contributed by atoms with Crippen molar-refractivity contribution in [1.29, 1.82) is 0 Å². The van der Waals surface area contributed by atoms with Gasteiger partial charge in [-0.15, -0.1) is 0 Å². The molecule has 1 N–H and O–H groups in total. The van der Waals surface area contributed by atoms with Crippen molar-refractivity contribution in [3.8, 4) is 0 Å². The summed E-state index contributed by atoms with van der Waals surface area (Å²) in [6.45, 7) is 5.73. The largest absolute Gasteiger partial charge is 0.335 e. The summed E-state index contributed by atoms with van der Waals surface area (Å²) in [6, 6.07) is 4.20. The molecule has 18 heavy (non-hydrogen) atoms. The van der Waals surface area contributed by atoms with Crippen LogP contribution in [0.25, 0.3) is 11.0 Å². The molecule has 0 aliphatic carbocycles. The summed E-state index contributed by atoms with van der Waals surface area (Å²) in [5, 5.41) is 4.69. The van der Waals surface area contributed by atoms with Gasteiger partial charge in [-0.3, -0.25) is 0 Å². The van der Waals surface area contributed by atoms with Crippen LogP contribution in [-0.2, 0) is 13.5 Å². The first-order valence-corrected chi connectivity index (χ1v) is 6.66. The fourth-order valence-corrected chi connectivity index (χ4v) is 2.71. The summed E-state index contributed by atoms with van der Waals surface area (Å²) < 4.78 is 2.13. The molecule has 3 heterocycles. The SMILES string of the molecule is Cn1cc(CCN2CCNCC2)c2cccnc21. The van der Waals surface area contributed by atoms with Crippen molar-refractivity contribution in [2.75, 3.05) is 32.7 Å². The fourth-order valence-electron chi connectivity index (χ4n) is 2.71. The maximum absolute atomic E-state index is 4.44. The Kier molecular flexibility index (Phi) is 3.30. The molecular weight excluding hydrogens is 224 g/mol. The second kappa shape index (κ2) is 5.08. The van der Waals surface area contributed by atoms with Crippen LogP contribution in [-0.4, -0.2) is 47.2 Å². The van der Waals surface area contributed by atoms with Crippen LogP contribution in [0.1, 0.15) is 5.56 Å². The van der Waals surface area contributed by atoms with E-state index in [0.29, 0.717) is 0 Å². The Morgan fingerprint density at radius 1 is 1.33 bits per heavy atom. The number of pyridine rings is 1. The zero-order valence-corrected chi connectivity index (χ0v) is 10.9. The highest BCUT2D eigenvalue weighted by molar-refractivity contribution is 5.80. The third-order valence-corrected chi connectivity index (χ3v) is 3.72. The molecule has 2 aromatic heterocycles. The van der Waals surface area contributed by atoms with Gasteiger partial charge >= 0.3 is 0 Å². The monoisotopic (exact) mass is 244 g/mol. The summed E-state index contributed by atoms with van der Waals surface area (Å²) in [4.78, 5) is 6.97. The van der Waals surface area contributed by atoms with Crippen LogP contribution in [0, 0.1) is 0 Å². The van der Waals surface area contributed by atoms with Crippen molar-refractivity contribution < 1.29 is 0 Å². The third kappa shape index (κ3) is 2.26. The van der Waals surface area contributed by atoms with E-state index in [1.54, 1.807) is 0 Å². The lowest BCUT2D eigenvalue weighted by atomic mass is 10.1. The number of aryl methyl sites for hydroxylation is 1. The second-order valence-electron chi connectivity index (χ2n) is 4.98. The zero-order chi connectivity index (χ0) is 12.4. The molecule has 0 spiro atoms. The molecule has 0 aromatic carbocycles. The number of fused-ring (bicyclic) bond motifs is 1. The Bertz CT molecular complexity index is 526. The van der Waals surface area contributed by atoms with E-state index in [1.165, 1.54) is 24.0 Å². The third-order valence-electron chi connectivity index (χ3n) is 3.72. The quantitative estimate of drug-likeness (QED) is 0.875. The number of hydrogen-bond acceptors (Lipinski definition) is 3.